The van der Waals surface area contributed by atoms with Crippen molar-refractivity contribution in [3.05, 3.63) is 126 Å². The Labute approximate surface area is 276 Å². The number of fused-ring (bicyclic) bond motifs is 4. The molecule has 0 radical (unpaired) electrons. The van der Waals surface area contributed by atoms with Gasteiger partial charge in [-0.25, -0.2) is 0 Å². The molecular formula is C43H45BN2. The van der Waals surface area contributed by atoms with Crippen molar-refractivity contribution < 1.29 is 0 Å². The molecule has 3 heteroatoms. The van der Waals surface area contributed by atoms with Crippen LogP contribution in [0, 0.1) is 0 Å². The first-order valence-electron chi connectivity index (χ1n) is 17.5. The van der Waals surface area contributed by atoms with E-state index in [2.05, 4.69) is 154 Å². The van der Waals surface area contributed by atoms with E-state index in [4.69, 9.17) is 0 Å². The molecule has 3 aliphatic rings. The van der Waals surface area contributed by atoms with Gasteiger partial charge in [-0.2, -0.15) is 0 Å². The monoisotopic (exact) mass is 600 g/mol. The van der Waals surface area contributed by atoms with Crippen molar-refractivity contribution >= 4 is 57.2 Å². The van der Waals surface area contributed by atoms with Crippen LogP contribution < -0.4 is 26.2 Å². The van der Waals surface area contributed by atoms with Crippen LogP contribution in [0.15, 0.2) is 109 Å². The van der Waals surface area contributed by atoms with Crippen LogP contribution in [0.2, 0.25) is 0 Å². The highest BCUT2D eigenvalue weighted by molar-refractivity contribution is 7.00. The summed E-state index contributed by atoms with van der Waals surface area (Å²) in [5, 5.41) is 0. The Bertz CT molecular complexity index is 1900. The predicted molar refractivity (Wildman–Crippen MR) is 199 cm³/mol. The van der Waals surface area contributed by atoms with E-state index in [9.17, 15) is 0 Å². The molecule has 0 amide bonds. The first kappa shape index (κ1) is 29.2. The topological polar surface area (TPSA) is 6.48 Å². The molecule has 0 spiro atoms. The molecule has 0 unspecified atom stereocenters. The van der Waals surface area contributed by atoms with Gasteiger partial charge in [0, 0.05) is 34.1 Å². The second-order valence-corrected chi connectivity index (χ2v) is 15.1. The number of hydrogen-bond acceptors (Lipinski definition) is 2. The molecule has 8 rings (SSSR count). The lowest BCUT2D eigenvalue weighted by molar-refractivity contribution is 0.444. The summed E-state index contributed by atoms with van der Waals surface area (Å²) in [5.74, 6) is 1.05. The van der Waals surface area contributed by atoms with Gasteiger partial charge in [0.2, 0.25) is 0 Å². The number of hydrogen-bond donors (Lipinski definition) is 0. The maximum Gasteiger partial charge on any atom is 0.252 e. The van der Waals surface area contributed by atoms with Crippen molar-refractivity contribution in [2.45, 2.75) is 84.0 Å². The molecule has 0 saturated heterocycles. The summed E-state index contributed by atoms with van der Waals surface area (Å²) >= 11 is 0. The van der Waals surface area contributed by atoms with Crippen molar-refractivity contribution in [2.75, 3.05) is 9.80 Å². The third kappa shape index (κ3) is 4.78. The van der Waals surface area contributed by atoms with Gasteiger partial charge in [-0.3, -0.25) is 0 Å². The number of benzene rings is 5. The molecule has 1 aliphatic carbocycles. The molecule has 0 aromatic heterocycles. The summed E-state index contributed by atoms with van der Waals surface area (Å²) in [7, 11) is 0. The third-order valence-corrected chi connectivity index (χ3v) is 10.8. The number of para-hydroxylation sites is 2. The van der Waals surface area contributed by atoms with Crippen molar-refractivity contribution in [1.82, 2.24) is 0 Å². The number of anilines is 6. The third-order valence-electron chi connectivity index (χ3n) is 10.8. The van der Waals surface area contributed by atoms with Crippen LogP contribution in [0.3, 0.4) is 0 Å². The highest BCUT2D eigenvalue weighted by Gasteiger charge is 2.44. The summed E-state index contributed by atoms with van der Waals surface area (Å²) in [6.45, 7) is 11.8. The molecule has 0 atom stereocenters. The minimum Gasteiger partial charge on any atom is -0.311 e. The van der Waals surface area contributed by atoms with Gasteiger partial charge < -0.3 is 9.80 Å². The van der Waals surface area contributed by atoms with Gasteiger partial charge in [0.25, 0.3) is 6.71 Å². The van der Waals surface area contributed by atoms with E-state index in [-0.39, 0.29) is 12.1 Å². The molecule has 2 aliphatic heterocycles. The molecular weight excluding hydrogens is 555 g/mol. The van der Waals surface area contributed by atoms with E-state index in [1.54, 1.807) is 0 Å². The Kier molecular flexibility index (Phi) is 7.12. The van der Waals surface area contributed by atoms with Gasteiger partial charge in [0.05, 0.1) is 0 Å². The summed E-state index contributed by atoms with van der Waals surface area (Å²) in [5.41, 5.74) is 16.3. The fourth-order valence-corrected chi connectivity index (χ4v) is 8.24. The van der Waals surface area contributed by atoms with Gasteiger partial charge >= 0.3 is 0 Å². The molecule has 1 fully saturated rings. The number of nitrogens with zero attached hydrogens (tertiary/aromatic N) is 2. The molecule has 0 N–H and O–H groups in total. The molecule has 5 aromatic carbocycles. The fourth-order valence-electron chi connectivity index (χ4n) is 8.24. The lowest BCUT2D eigenvalue weighted by Crippen LogP contribution is -2.61. The van der Waals surface area contributed by atoms with Gasteiger partial charge in [-0.1, -0.05) is 115 Å². The van der Waals surface area contributed by atoms with Gasteiger partial charge in [-0.15, -0.1) is 0 Å². The smallest absolute Gasteiger partial charge is 0.252 e. The van der Waals surface area contributed by atoms with Crippen LogP contribution >= 0.6 is 0 Å². The maximum absolute atomic E-state index is 2.59. The maximum atomic E-state index is 2.59. The minimum absolute atomic E-state index is 0.0491. The summed E-state index contributed by atoms with van der Waals surface area (Å²) < 4.78 is 0. The highest BCUT2D eigenvalue weighted by atomic mass is 15.2. The largest absolute Gasteiger partial charge is 0.311 e. The minimum atomic E-state index is 0.0491. The van der Waals surface area contributed by atoms with Gasteiger partial charge in [0.1, 0.15) is 0 Å². The Morgan fingerprint density at radius 2 is 1.15 bits per heavy atom. The van der Waals surface area contributed by atoms with Crippen LogP contribution in [0.5, 0.6) is 0 Å². The average molecular weight is 601 g/mol. The summed E-state index contributed by atoms with van der Waals surface area (Å²) in [4.78, 5) is 5.17. The Morgan fingerprint density at radius 3 is 1.70 bits per heavy atom. The highest BCUT2D eigenvalue weighted by Crippen LogP contribution is 2.47. The molecule has 2 heterocycles. The van der Waals surface area contributed by atoms with E-state index in [0.29, 0.717) is 11.8 Å². The van der Waals surface area contributed by atoms with Crippen LogP contribution in [-0.4, -0.2) is 6.71 Å². The van der Waals surface area contributed by atoms with Gasteiger partial charge in [0.15, 0.2) is 0 Å². The Balaban J connectivity index is 1.49. The average Bonchev–Trinajstić information content (AvgIpc) is 3.08. The van der Waals surface area contributed by atoms with Crippen LogP contribution in [-0.2, 0) is 5.41 Å². The Morgan fingerprint density at radius 1 is 0.609 bits per heavy atom. The van der Waals surface area contributed by atoms with Crippen molar-refractivity contribution in [3.63, 3.8) is 0 Å². The zero-order chi connectivity index (χ0) is 31.6. The van der Waals surface area contributed by atoms with E-state index < -0.39 is 0 Å². The first-order chi connectivity index (χ1) is 22.3. The van der Waals surface area contributed by atoms with Crippen LogP contribution in [0.4, 0.5) is 34.1 Å². The van der Waals surface area contributed by atoms with Crippen LogP contribution in [0.1, 0.15) is 95.2 Å². The quantitative estimate of drug-likeness (QED) is 0.186. The summed E-state index contributed by atoms with van der Waals surface area (Å²) in [6.07, 6.45) is 6.55. The van der Waals surface area contributed by atoms with E-state index in [0.717, 1.165) is 0 Å². The zero-order valence-electron chi connectivity index (χ0n) is 28.1. The SMILES string of the molecule is CC(C)c1ccc2c(c1)N(c1ccccc1)c1cc(C3CCCCC3)cc3c1B2c1ccc(C(C)(C)C)cc1N3c1ccccc1. The van der Waals surface area contributed by atoms with Gasteiger partial charge in [-0.05, 0) is 112 Å². The van der Waals surface area contributed by atoms with E-state index in [1.807, 2.05) is 0 Å². The molecule has 1 saturated carbocycles. The van der Waals surface area contributed by atoms with Crippen molar-refractivity contribution in [3.8, 4) is 0 Å². The van der Waals surface area contributed by atoms with Crippen molar-refractivity contribution in [1.29, 1.82) is 0 Å². The van der Waals surface area contributed by atoms with Crippen molar-refractivity contribution in [2.24, 2.45) is 0 Å². The van der Waals surface area contributed by atoms with E-state index in [1.165, 1.54) is 99.3 Å². The fraction of sp³-hybridized carbons (Fsp3) is 0.302. The first-order valence-corrected chi connectivity index (χ1v) is 17.5. The summed E-state index contributed by atoms with van der Waals surface area (Å²) in [6, 6.07) is 41.9. The molecule has 5 aromatic rings. The van der Waals surface area contributed by atoms with Crippen LogP contribution in [0.25, 0.3) is 0 Å². The predicted octanol–water partition coefficient (Wildman–Crippen LogP) is 10.2. The Hall–Kier alpha value is -4.24. The normalized spacial score (nSPS) is 15.9. The second kappa shape index (κ2) is 11.2. The molecule has 2 nitrogen and oxygen atoms in total. The second-order valence-electron chi connectivity index (χ2n) is 15.1. The van der Waals surface area contributed by atoms with E-state index >= 15 is 0 Å². The standard InChI is InChI=1S/C43H45BN2/c1-29(2)31-21-23-36-38(25-31)45(34-17-11-7-12-18-34)40-26-32(30-15-9-6-10-16-30)27-41-42(40)44(36)37-24-22-33(43(3,4)5)28-39(37)46(41)35-19-13-8-14-20-35/h7-8,11-14,17-30H,6,9-10,15-16H2,1-5H3. The molecule has 0 bridgehead atoms. The molecule has 230 valence electrons. The number of rotatable bonds is 4. The lowest BCUT2D eigenvalue weighted by atomic mass is 9.33. The zero-order valence-corrected chi connectivity index (χ0v) is 28.1. The molecule has 46 heavy (non-hydrogen) atoms. The lowest BCUT2D eigenvalue weighted by Gasteiger charge is -2.45.